The number of benzene rings is 1. The molecule has 0 aliphatic heterocycles. The molecule has 0 saturated heterocycles. The third-order valence-corrected chi connectivity index (χ3v) is 3.66. The van der Waals surface area contributed by atoms with Crippen LogP contribution < -0.4 is 5.32 Å². The van der Waals surface area contributed by atoms with E-state index in [9.17, 15) is 4.39 Å². The fraction of sp³-hybridized carbons (Fsp3) is 0.286. The summed E-state index contributed by atoms with van der Waals surface area (Å²) in [6.45, 7) is 3.09. The van der Waals surface area contributed by atoms with E-state index in [1.165, 1.54) is 17.0 Å². The minimum absolute atomic E-state index is 0.214. The Labute approximate surface area is 110 Å². The van der Waals surface area contributed by atoms with Crippen LogP contribution in [0.3, 0.4) is 0 Å². The van der Waals surface area contributed by atoms with E-state index in [0.717, 1.165) is 17.0 Å². The molecule has 1 atom stereocenters. The molecule has 1 aromatic heterocycles. The van der Waals surface area contributed by atoms with Crippen molar-refractivity contribution in [3.8, 4) is 10.4 Å². The number of aliphatic hydroxyl groups excluding tert-OH is 1. The first-order valence-electron chi connectivity index (χ1n) is 5.88. The van der Waals surface area contributed by atoms with Crippen LogP contribution in [-0.2, 0) is 6.54 Å². The van der Waals surface area contributed by atoms with Crippen molar-refractivity contribution < 1.29 is 9.50 Å². The molecular formula is C14H16FNOS. The molecule has 1 aromatic carbocycles. The van der Waals surface area contributed by atoms with Crippen LogP contribution in [0.15, 0.2) is 36.4 Å². The fourth-order valence-electron chi connectivity index (χ4n) is 1.65. The number of halogens is 1. The van der Waals surface area contributed by atoms with E-state index < -0.39 is 0 Å². The highest BCUT2D eigenvalue weighted by molar-refractivity contribution is 7.15. The SMILES string of the molecule is CC(O)CNCc1ccc(-c2ccc(F)cc2)s1. The minimum Gasteiger partial charge on any atom is -0.392 e. The Morgan fingerprint density at radius 2 is 1.94 bits per heavy atom. The second-order valence-corrected chi connectivity index (χ2v) is 5.42. The van der Waals surface area contributed by atoms with Crippen molar-refractivity contribution in [3.63, 3.8) is 0 Å². The van der Waals surface area contributed by atoms with Gasteiger partial charge in [-0.15, -0.1) is 11.3 Å². The van der Waals surface area contributed by atoms with Gasteiger partial charge in [-0.1, -0.05) is 12.1 Å². The molecule has 0 bridgehead atoms. The Morgan fingerprint density at radius 1 is 1.22 bits per heavy atom. The highest BCUT2D eigenvalue weighted by Crippen LogP contribution is 2.28. The molecule has 4 heteroatoms. The molecule has 2 N–H and O–H groups in total. The number of thiophene rings is 1. The number of hydrogen-bond donors (Lipinski definition) is 2. The molecule has 1 unspecified atom stereocenters. The Hall–Kier alpha value is -1.23. The lowest BCUT2D eigenvalue weighted by Gasteiger charge is -2.04. The van der Waals surface area contributed by atoms with Gasteiger partial charge in [0.2, 0.25) is 0 Å². The summed E-state index contributed by atoms with van der Waals surface area (Å²) in [6.07, 6.45) is -0.332. The molecule has 96 valence electrons. The lowest BCUT2D eigenvalue weighted by atomic mass is 10.2. The van der Waals surface area contributed by atoms with Crippen LogP contribution in [0.1, 0.15) is 11.8 Å². The molecule has 2 rings (SSSR count). The maximum Gasteiger partial charge on any atom is 0.123 e. The Bertz CT molecular complexity index is 493. The van der Waals surface area contributed by atoms with E-state index in [-0.39, 0.29) is 11.9 Å². The molecule has 1 heterocycles. The third-order valence-electron chi connectivity index (χ3n) is 2.53. The van der Waals surface area contributed by atoms with Crippen molar-refractivity contribution in [2.75, 3.05) is 6.54 Å². The standard InChI is InChI=1S/C14H16FNOS/c1-10(17)8-16-9-13-6-7-14(18-13)11-2-4-12(15)5-3-11/h2-7,10,16-17H,8-9H2,1H3. The molecule has 0 fully saturated rings. The topological polar surface area (TPSA) is 32.3 Å². The fourth-order valence-corrected chi connectivity index (χ4v) is 2.63. The van der Waals surface area contributed by atoms with Crippen molar-refractivity contribution in [1.29, 1.82) is 0 Å². The van der Waals surface area contributed by atoms with Crippen LogP contribution >= 0.6 is 11.3 Å². The van der Waals surface area contributed by atoms with E-state index in [2.05, 4.69) is 11.4 Å². The Balaban J connectivity index is 1.99. The van der Waals surface area contributed by atoms with Crippen LogP contribution in [0.5, 0.6) is 0 Å². The van der Waals surface area contributed by atoms with Gasteiger partial charge in [0.25, 0.3) is 0 Å². The molecule has 0 aliphatic carbocycles. The molecule has 2 nitrogen and oxygen atoms in total. The highest BCUT2D eigenvalue weighted by atomic mass is 32.1. The second-order valence-electron chi connectivity index (χ2n) is 4.25. The molecule has 0 aliphatic rings. The van der Waals surface area contributed by atoms with Crippen LogP contribution in [-0.4, -0.2) is 17.8 Å². The zero-order chi connectivity index (χ0) is 13.0. The number of rotatable bonds is 5. The van der Waals surface area contributed by atoms with Crippen molar-refractivity contribution in [3.05, 3.63) is 47.1 Å². The Kier molecular flexibility index (Phi) is 4.47. The van der Waals surface area contributed by atoms with Gasteiger partial charge in [0.15, 0.2) is 0 Å². The molecule has 18 heavy (non-hydrogen) atoms. The summed E-state index contributed by atoms with van der Waals surface area (Å²) in [5, 5.41) is 12.3. The zero-order valence-electron chi connectivity index (χ0n) is 10.2. The predicted molar refractivity (Wildman–Crippen MR) is 73.1 cm³/mol. The largest absolute Gasteiger partial charge is 0.392 e. The van der Waals surface area contributed by atoms with E-state index >= 15 is 0 Å². The lowest BCUT2D eigenvalue weighted by Crippen LogP contribution is -2.23. The average molecular weight is 265 g/mol. The Morgan fingerprint density at radius 3 is 2.61 bits per heavy atom. The second kappa shape index (κ2) is 6.09. The first-order chi connectivity index (χ1) is 8.65. The summed E-state index contributed by atoms with van der Waals surface area (Å²) < 4.78 is 12.8. The smallest absolute Gasteiger partial charge is 0.123 e. The quantitative estimate of drug-likeness (QED) is 0.871. The van der Waals surface area contributed by atoms with Crippen molar-refractivity contribution >= 4 is 11.3 Å². The van der Waals surface area contributed by atoms with Gasteiger partial charge in [0.05, 0.1) is 6.10 Å². The van der Waals surface area contributed by atoms with Crippen molar-refractivity contribution in [2.24, 2.45) is 0 Å². The van der Waals surface area contributed by atoms with Gasteiger partial charge in [0.1, 0.15) is 5.82 Å². The summed E-state index contributed by atoms with van der Waals surface area (Å²) in [6, 6.07) is 10.6. The third kappa shape index (κ3) is 3.63. The minimum atomic E-state index is -0.332. The van der Waals surface area contributed by atoms with E-state index in [1.54, 1.807) is 30.4 Å². The van der Waals surface area contributed by atoms with Crippen LogP contribution in [0.4, 0.5) is 4.39 Å². The van der Waals surface area contributed by atoms with Crippen LogP contribution in [0.2, 0.25) is 0 Å². The molecule has 0 spiro atoms. The zero-order valence-corrected chi connectivity index (χ0v) is 11.0. The summed E-state index contributed by atoms with van der Waals surface area (Å²) >= 11 is 1.68. The van der Waals surface area contributed by atoms with Crippen LogP contribution in [0, 0.1) is 5.82 Å². The monoisotopic (exact) mass is 265 g/mol. The van der Waals surface area contributed by atoms with Gasteiger partial charge in [-0.3, -0.25) is 0 Å². The van der Waals surface area contributed by atoms with Crippen LogP contribution in [0.25, 0.3) is 10.4 Å². The maximum atomic E-state index is 12.8. The summed E-state index contributed by atoms with van der Waals surface area (Å²) in [5.41, 5.74) is 1.03. The van der Waals surface area contributed by atoms with E-state index in [0.29, 0.717) is 6.54 Å². The number of nitrogens with one attached hydrogen (secondary N) is 1. The molecule has 2 aromatic rings. The molecule has 0 radical (unpaired) electrons. The average Bonchev–Trinajstić information content (AvgIpc) is 2.78. The summed E-state index contributed by atoms with van der Waals surface area (Å²) in [5.74, 6) is -0.214. The van der Waals surface area contributed by atoms with Gasteiger partial charge < -0.3 is 10.4 Å². The lowest BCUT2D eigenvalue weighted by molar-refractivity contribution is 0.191. The maximum absolute atomic E-state index is 12.8. The van der Waals surface area contributed by atoms with E-state index in [1.807, 2.05) is 6.07 Å². The van der Waals surface area contributed by atoms with Gasteiger partial charge in [-0.05, 0) is 36.8 Å². The molecular weight excluding hydrogens is 249 g/mol. The van der Waals surface area contributed by atoms with E-state index in [4.69, 9.17) is 5.11 Å². The molecule has 0 amide bonds. The highest BCUT2D eigenvalue weighted by Gasteiger charge is 2.03. The summed E-state index contributed by atoms with van der Waals surface area (Å²) in [4.78, 5) is 2.33. The predicted octanol–water partition coefficient (Wildman–Crippen LogP) is 3.02. The van der Waals surface area contributed by atoms with Crippen molar-refractivity contribution in [2.45, 2.75) is 19.6 Å². The normalized spacial score (nSPS) is 12.6. The van der Waals surface area contributed by atoms with Gasteiger partial charge in [-0.2, -0.15) is 0 Å². The van der Waals surface area contributed by atoms with Crippen molar-refractivity contribution in [1.82, 2.24) is 5.32 Å². The first kappa shape index (κ1) is 13.2. The van der Waals surface area contributed by atoms with Gasteiger partial charge >= 0.3 is 0 Å². The number of hydrogen-bond acceptors (Lipinski definition) is 3. The van der Waals surface area contributed by atoms with Gasteiger partial charge in [-0.25, -0.2) is 4.39 Å². The number of aliphatic hydroxyl groups is 1. The summed E-state index contributed by atoms with van der Waals surface area (Å²) in [7, 11) is 0. The first-order valence-corrected chi connectivity index (χ1v) is 6.70. The van der Waals surface area contributed by atoms with Gasteiger partial charge in [0, 0.05) is 22.8 Å². The molecule has 0 saturated carbocycles.